The second-order valence-electron chi connectivity index (χ2n) is 4.36. The van der Waals surface area contributed by atoms with Crippen molar-refractivity contribution in [2.75, 3.05) is 17.7 Å². The highest BCUT2D eigenvalue weighted by molar-refractivity contribution is 9.10. The van der Waals surface area contributed by atoms with Gasteiger partial charge in [0, 0.05) is 9.50 Å². The van der Waals surface area contributed by atoms with Gasteiger partial charge >= 0.3 is 0 Å². The van der Waals surface area contributed by atoms with Crippen molar-refractivity contribution in [3.8, 4) is 5.75 Å². The molecule has 0 aromatic heterocycles. The van der Waals surface area contributed by atoms with Crippen LogP contribution >= 0.6 is 27.5 Å². The Bertz CT molecular complexity index is 632. The number of para-hydroxylation sites is 1. The average molecular weight is 356 g/mol. The van der Waals surface area contributed by atoms with Crippen LogP contribution in [0.4, 0.5) is 17.1 Å². The highest BCUT2D eigenvalue weighted by Gasteiger charge is 2.09. The fourth-order valence-electron chi connectivity index (χ4n) is 1.82. The molecule has 0 aliphatic carbocycles. The maximum absolute atomic E-state index is 6.16. The molecule has 0 fully saturated rings. The first-order chi connectivity index (χ1) is 9.52. The third-order valence-electron chi connectivity index (χ3n) is 2.88. The van der Waals surface area contributed by atoms with E-state index < -0.39 is 0 Å². The zero-order chi connectivity index (χ0) is 14.7. The van der Waals surface area contributed by atoms with Gasteiger partial charge in [-0.15, -0.1) is 0 Å². The Hall–Kier alpha value is -1.39. The first-order valence-corrected chi connectivity index (χ1v) is 7.44. The molecule has 0 atom stereocenters. The van der Waals surface area contributed by atoms with Gasteiger partial charge in [-0.1, -0.05) is 17.7 Å². The topological polar surface area (TPSA) is 47.3 Å². The van der Waals surface area contributed by atoms with Crippen LogP contribution < -0.4 is 15.8 Å². The second-order valence-corrected chi connectivity index (χ2v) is 5.62. The molecule has 0 saturated carbocycles. The zero-order valence-corrected chi connectivity index (χ0v) is 13.7. The van der Waals surface area contributed by atoms with Crippen LogP contribution in [-0.4, -0.2) is 6.61 Å². The average Bonchev–Trinajstić information content (AvgIpc) is 2.40. The van der Waals surface area contributed by atoms with E-state index in [1.807, 2.05) is 44.2 Å². The van der Waals surface area contributed by atoms with Gasteiger partial charge in [-0.2, -0.15) is 0 Å². The molecule has 20 heavy (non-hydrogen) atoms. The Kier molecular flexibility index (Phi) is 4.78. The Balaban J connectivity index is 2.35. The van der Waals surface area contributed by atoms with Gasteiger partial charge in [0.15, 0.2) is 0 Å². The van der Waals surface area contributed by atoms with Crippen LogP contribution in [0.3, 0.4) is 0 Å². The minimum Gasteiger partial charge on any atom is -0.492 e. The van der Waals surface area contributed by atoms with E-state index in [2.05, 4.69) is 21.2 Å². The summed E-state index contributed by atoms with van der Waals surface area (Å²) in [4.78, 5) is 0. The van der Waals surface area contributed by atoms with E-state index in [1.54, 1.807) is 0 Å². The molecular formula is C15H16BrClN2O. The van der Waals surface area contributed by atoms with Gasteiger partial charge in [0.2, 0.25) is 0 Å². The van der Waals surface area contributed by atoms with Crippen molar-refractivity contribution in [1.29, 1.82) is 0 Å². The first kappa shape index (κ1) is 15.0. The van der Waals surface area contributed by atoms with Crippen molar-refractivity contribution in [2.24, 2.45) is 0 Å². The van der Waals surface area contributed by atoms with Crippen LogP contribution in [0.15, 0.2) is 34.8 Å². The molecule has 2 aromatic rings. The lowest BCUT2D eigenvalue weighted by Crippen LogP contribution is -2.01. The molecule has 0 aliphatic rings. The number of nitrogen functional groups attached to an aromatic ring is 1. The first-order valence-electron chi connectivity index (χ1n) is 6.27. The van der Waals surface area contributed by atoms with Crippen LogP contribution in [-0.2, 0) is 0 Å². The van der Waals surface area contributed by atoms with Gasteiger partial charge in [0.05, 0.1) is 23.7 Å². The van der Waals surface area contributed by atoms with Crippen molar-refractivity contribution in [3.05, 3.63) is 45.4 Å². The van der Waals surface area contributed by atoms with E-state index in [4.69, 9.17) is 22.1 Å². The van der Waals surface area contributed by atoms with Crippen LogP contribution in [0.1, 0.15) is 12.5 Å². The molecule has 5 heteroatoms. The number of hydrogen-bond acceptors (Lipinski definition) is 3. The van der Waals surface area contributed by atoms with Gasteiger partial charge in [0.25, 0.3) is 0 Å². The fraction of sp³-hybridized carbons (Fsp3) is 0.200. The number of rotatable bonds is 4. The smallest absolute Gasteiger partial charge is 0.144 e. The number of nitrogens with two attached hydrogens (primary N) is 1. The summed E-state index contributed by atoms with van der Waals surface area (Å²) in [5.74, 6) is 0.673. The zero-order valence-electron chi connectivity index (χ0n) is 11.3. The van der Waals surface area contributed by atoms with E-state index in [9.17, 15) is 0 Å². The number of aryl methyl sites for hydroxylation is 1. The third-order valence-corrected chi connectivity index (χ3v) is 3.95. The molecule has 0 bridgehead atoms. The molecule has 0 radical (unpaired) electrons. The quantitative estimate of drug-likeness (QED) is 0.747. The fourth-order valence-corrected chi connectivity index (χ4v) is 2.54. The predicted octanol–water partition coefficient (Wildman–Crippen LogP) is 5.14. The molecule has 3 N–H and O–H groups in total. The Morgan fingerprint density at radius 1 is 1.30 bits per heavy atom. The molecule has 106 valence electrons. The summed E-state index contributed by atoms with van der Waals surface area (Å²) in [7, 11) is 0. The van der Waals surface area contributed by atoms with Gasteiger partial charge in [-0.25, -0.2) is 0 Å². The summed E-state index contributed by atoms with van der Waals surface area (Å²) in [6, 6.07) is 9.48. The summed E-state index contributed by atoms with van der Waals surface area (Å²) < 4.78 is 6.42. The van der Waals surface area contributed by atoms with Crippen molar-refractivity contribution in [3.63, 3.8) is 0 Å². The van der Waals surface area contributed by atoms with Crippen LogP contribution in [0, 0.1) is 6.92 Å². The van der Waals surface area contributed by atoms with E-state index >= 15 is 0 Å². The number of halogens is 2. The molecular weight excluding hydrogens is 340 g/mol. The minimum atomic E-state index is 0.577. The van der Waals surface area contributed by atoms with Crippen LogP contribution in [0.5, 0.6) is 5.75 Å². The Labute approximate surface area is 132 Å². The van der Waals surface area contributed by atoms with E-state index in [0.29, 0.717) is 23.1 Å². The number of benzene rings is 2. The maximum atomic E-state index is 6.16. The Morgan fingerprint density at radius 3 is 2.75 bits per heavy atom. The number of anilines is 3. The van der Waals surface area contributed by atoms with Crippen molar-refractivity contribution in [2.45, 2.75) is 13.8 Å². The molecule has 3 nitrogen and oxygen atoms in total. The molecule has 0 aliphatic heterocycles. The molecule has 0 unspecified atom stereocenters. The molecule has 0 amide bonds. The van der Waals surface area contributed by atoms with Gasteiger partial charge in [-0.3, -0.25) is 0 Å². The summed E-state index contributed by atoms with van der Waals surface area (Å²) in [6.45, 7) is 4.46. The van der Waals surface area contributed by atoms with Crippen molar-refractivity contribution in [1.82, 2.24) is 0 Å². The summed E-state index contributed by atoms with van der Waals surface area (Å²) in [5, 5.41) is 3.97. The minimum absolute atomic E-state index is 0.577. The summed E-state index contributed by atoms with van der Waals surface area (Å²) in [5.41, 5.74) is 9.35. The highest BCUT2D eigenvalue weighted by Crippen LogP contribution is 2.35. The standard InChI is InChI=1S/C15H16BrClN2O/c1-3-20-14-6-4-5-12(15(14)18)19-13-8-11(17)9(2)7-10(13)16/h4-8,19H,3,18H2,1-2H3. The second kappa shape index (κ2) is 6.37. The lowest BCUT2D eigenvalue weighted by Gasteiger charge is -2.15. The molecule has 0 heterocycles. The van der Waals surface area contributed by atoms with Crippen molar-refractivity contribution < 1.29 is 4.74 Å². The molecule has 2 rings (SSSR count). The molecule has 2 aromatic carbocycles. The predicted molar refractivity (Wildman–Crippen MR) is 89.2 cm³/mol. The van der Waals surface area contributed by atoms with Gasteiger partial charge in [-0.05, 0) is 59.6 Å². The summed E-state index contributed by atoms with van der Waals surface area (Å²) >= 11 is 9.68. The number of nitrogens with one attached hydrogen (secondary N) is 1. The SMILES string of the molecule is CCOc1cccc(Nc2cc(Cl)c(C)cc2Br)c1N. The van der Waals surface area contributed by atoms with E-state index in [-0.39, 0.29) is 0 Å². The molecule has 0 spiro atoms. The maximum Gasteiger partial charge on any atom is 0.144 e. The highest BCUT2D eigenvalue weighted by atomic mass is 79.9. The Morgan fingerprint density at radius 2 is 2.05 bits per heavy atom. The number of hydrogen-bond donors (Lipinski definition) is 2. The van der Waals surface area contributed by atoms with Crippen LogP contribution in [0.25, 0.3) is 0 Å². The normalized spacial score (nSPS) is 10.4. The van der Waals surface area contributed by atoms with Gasteiger partial charge in [0.1, 0.15) is 5.75 Å². The van der Waals surface area contributed by atoms with E-state index in [1.165, 1.54) is 0 Å². The van der Waals surface area contributed by atoms with Crippen LogP contribution in [0.2, 0.25) is 5.02 Å². The monoisotopic (exact) mass is 354 g/mol. The lowest BCUT2D eigenvalue weighted by molar-refractivity contribution is 0.342. The number of ether oxygens (including phenoxy) is 1. The largest absolute Gasteiger partial charge is 0.492 e. The van der Waals surface area contributed by atoms with E-state index in [0.717, 1.165) is 21.4 Å². The van der Waals surface area contributed by atoms with Crippen molar-refractivity contribution >= 4 is 44.6 Å². The third kappa shape index (κ3) is 3.19. The lowest BCUT2D eigenvalue weighted by atomic mass is 10.2. The molecule has 0 saturated heterocycles. The summed E-state index contributed by atoms with van der Waals surface area (Å²) in [6.07, 6.45) is 0. The van der Waals surface area contributed by atoms with Gasteiger partial charge < -0.3 is 15.8 Å².